The summed E-state index contributed by atoms with van der Waals surface area (Å²) in [7, 11) is 1.72. The molecule has 0 atom stereocenters. The Kier molecular flexibility index (Phi) is 13.9. The van der Waals surface area contributed by atoms with Gasteiger partial charge in [-0.1, -0.05) is 6.07 Å². The van der Waals surface area contributed by atoms with Gasteiger partial charge >= 0.3 is 71.1 Å². The summed E-state index contributed by atoms with van der Waals surface area (Å²) in [4.78, 5) is 37.8. The fourth-order valence-corrected chi connectivity index (χ4v) is 1.41. The third kappa shape index (κ3) is 9.45. The van der Waals surface area contributed by atoms with Crippen molar-refractivity contribution < 1.29 is 24.3 Å². The van der Waals surface area contributed by atoms with E-state index >= 15 is 0 Å². The molecule has 22 heavy (non-hydrogen) atoms. The molecule has 1 amide bonds. The molecule has 1 aromatic rings. The summed E-state index contributed by atoms with van der Waals surface area (Å²) in [6.45, 7) is 0. The van der Waals surface area contributed by atoms with E-state index in [0.717, 1.165) is 5.69 Å². The fourth-order valence-electron chi connectivity index (χ4n) is 1.41. The van der Waals surface area contributed by atoms with Gasteiger partial charge in [0.2, 0.25) is 0 Å². The van der Waals surface area contributed by atoms with Crippen LogP contribution in [0.25, 0.3) is 0 Å². The summed E-state index contributed by atoms with van der Waals surface area (Å²) in [5.41, 5.74) is 3.12. The van der Waals surface area contributed by atoms with E-state index in [2.05, 4.69) is 10.2 Å². The van der Waals surface area contributed by atoms with E-state index in [1.165, 1.54) is 0 Å². The minimum absolute atomic E-state index is 0. The van der Waals surface area contributed by atoms with Gasteiger partial charge in [-0.05, 0) is 24.6 Å². The molecule has 3 N–H and O–H groups in total. The van der Waals surface area contributed by atoms with Crippen molar-refractivity contribution in [2.24, 2.45) is 0 Å². The van der Waals surface area contributed by atoms with Crippen molar-refractivity contribution in [2.45, 2.75) is 19.3 Å². The van der Waals surface area contributed by atoms with Crippen molar-refractivity contribution in [3.8, 4) is 0 Å². The van der Waals surface area contributed by atoms with Crippen LogP contribution in [0.15, 0.2) is 24.3 Å². The maximum absolute atomic E-state index is 11.7. The Labute approximate surface area is 172 Å². The predicted molar refractivity (Wildman–Crippen MR) is 85.3 cm³/mol. The van der Waals surface area contributed by atoms with Gasteiger partial charge in [-0.15, -0.1) is 0 Å². The second kappa shape index (κ2) is 12.9. The van der Waals surface area contributed by atoms with Gasteiger partial charge < -0.3 is 15.3 Å². The van der Waals surface area contributed by atoms with Crippen LogP contribution in [0.3, 0.4) is 0 Å². The predicted octanol–water partition coefficient (Wildman–Crippen LogP) is -0.126. The molecule has 0 aliphatic rings. The number of carboxylic acids is 1. The van der Waals surface area contributed by atoms with Crippen LogP contribution in [0.5, 0.6) is 0 Å². The third-order valence-electron chi connectivity index (χ3n) is 2.44. The summed E-state index contributed by atoms with van der Waals surface area (Å²) >= 11 is 0. The molecule has 112 valence electrons. The molecule has 0 aliphatic carbocycles. The molecule has 0 unspecified atom stereocenters. The number of carboxylic acid groups (broad SMARTS) is 1. The van der Waals surface area contributed by atoms with Crippen LogP contribution in [-0.4, -0.2) is 89.1 Å². The molecule has 0 spiro atoms. The summed E-state index contributed by atoms with van der Waals surface area (Å²) in [5.74, 6) is -2.20. The van der Waals surface area contributed by atoms with Gasteiger partial charge in [0.25, 0.3) is 5.91 Å². The molecular weight excluding hydrogens is 310 g/mol. The molecule has 0 saturated carbocycles. The maximum atomic E-state index is 11.7. The van der Waals surface area contributed by atoms with Crippen LogP contribution < -0.4 is 10.8 Å². The number of amides is 1. The monoisotopic (exact) mass is 328 g/mol. The fraction of sp³-hybridized carbons (Fsp3) is 0.308. The Hall–Kier alpha value is -0.570. The number of hydrogen-bond acceptors (Lipinski definition) is 5. The molecule has 0 radical (unpaired) electrons. The molecule has 1 aromatic carbocycles. The topological polar surface area (TPSA) is 105 Å². The van der Waals surface area contributed by atoms with Gasteiger partial charge in [-0.2, -0.15) is 5.48 Å². The second-order valence-corrected chi connectivity index (χ2v) is 3.98. The van der Waals surface area contributed by atoms with E-state index in [0.29, 0.717) is 5.56 Å². The standard InChI is InChI=1S/C13H16N2O5.2Na.2H/c1-14-10-5-2-4-9(8-10)13(19)15-20-12(18)7-3-6-11(16)17;;;;/h2,4-5,8,14H,3,6-7H2,1H3,(H,15,19)(H,16,17);;;;. The van der Waals surface area contributed by atoms with Crippen molar-refractivity contribution in [3.63, 3.8) is 0 Å². The molecule has 7 nitrogen and oxygen atoms in total. The summed E-state index contributed by atoms with van der Waals surface area (Å²) in [6.07, 6.45) is -0.0182. The van der Waals surface area contributed by atoms with Gasteiger partial charge in [0.1, 0.15) is 0 Å². The van der Waals surface area contributed by atoms with Gasteiger partial charge in [0.15, 0.2) is 0 Å². The first kappa shape index (κ1) is 23.7. The number of carbonyl (C=O) groups excluding carboxylic acids is 2. The van der Waals surface area contributed by atoms with Gasteiger partial charge in [0.05, 0.1) is 0 Å². The Morgan fingerprint density at radius 1 is 1.18 bits per heavy atom. The number of hydrogen-bond donors (Lipinski definition) is 3. The molecule has 0 fully saturated rings. The molecule has 0 aromatic heterocycles. The molecule has 9 heteroatoms. The average molecular weight is 328 g/mol. The van der Waals surface area contributed by atoms with Crippen molar-refractivity contribution in [3.05, 3.63) is 29.8 Å². The van der Waals surface area contributed by atoms with Crippen molar-refractivity contribution in [2.75, 3.05) is 12.4 Å². The quantitative estimate of drug-likeness (QED) is 0.496. The van der Waals surface area contributed by atoms with Gasteiger partial charge in [-0.3, -0.25) is 9.59 Å². The average Bonchev–Trinajstić information content (AvgIpc) is 2.44. The summed E-state index contributed by atoms with van der Waals surface area (Å²) < 4.78 is 0. The van der Waals surface area contributed by atoms with Crippen LogP contribution >= 0.6 is 0 Å². The van der Waals surface area contributed by atoms with Gasteiger partial charge in [-0.25, -0.2) is 4.79 Å². The molecule has 0 heterocycles. The SMILES string of the molecule is CNc1cccc(C(=O)NOC(=O)CCCC(=O)O)c1.[NaH].[NaH]. The number of hydroxylamine groups is 1. The normalized spacial score (nSPS) is 8.77. The Morgan fingerprint density at radius 2 is 1.86 bits per heavy atom. The van der Waals surface area contributed by atoms with Gasteiger partial charge in [0, 0.05) is 31.1 Å². The Bertz CT molecular complexity index is 511. The second-order valence-electron chi connectivity index (χ2n) is 3.98. The third-order valence-corrected chi connectivity index (χ3v) is 2.44. The number of benzene rings is 1. The van der Waals surface area contributed by atoms with Crippen LogP contribution in [0, 0.1) is 0 Å². The van der Waals surface area contributed by atoms with E-state index in [9.17, 15) is 14.4 Å². The minimum atomic E-state index is -0.981. The Morgan fingerprint density at radius 3 is 2.45 bits per heavy atom. The van der Waals surface area contributed by atoms with E-state index in [-0.39, 0.29) is 78.4 Å². The van der Waals surface area contributed by atoms with E-state index < -0.39 is 17.8 Å². The first-order chi connectivity index (χ1) is 9.52. The zero-order chi connectivity index (χ0) is 15.0. The summed E-state index contributed by atoms with van der Waals surface area (Å²) in [5, 5.41) is 11.3. The van der Waals surface area contributed by atoms with Crippen LogP contribution in [0.2, 0.25) is 0 Å². The zero-order valence-electron chi connectivity index (χ0n) is 11.0. The number of aliphatic carboxylic acids is 1. The summed E-state index contributed by atoms with van der Waals surface area (Å²) in [6, 6.07) is 6.66. The van der Waals surface area contributed by atoms with Crippen molar-refractivity contribution in [1.29, 1.82) is 0 Å². The van der Waals surface area contributed by atoms with Crippen LogP contribution in [-0.2, 0) is 14.4 Å². The Balaban J connectivity index is 0. The first-order valence-corrected chi connectivity index (χ1v) is 6.02. The van der Waals surface area contributed by atoms with Crippen LogP contribution in [0.4, 0.5) is 5.69 Å². The molecule has 0 bridgehead atoms. The number of nitrogens with one attached hydrogen (secondary N) is 2. The molecule has 1 rings (SSSR count). The van der Waals surface area contributed by atoms with E-state index in [1.54, 1.807) is 31.3 Å². The molecule has 0 saturated heterocycles. The van der Waals surface area contributed by atoms with Crippen LogP contribution in [0.1, 0.15) is 29.6 Å². The van der Waals surface area contributed by atoms with Crippen molar-refractivity contribution >= 4 is 82.6 Å². The van der Waals surface area contributed by atoms with E-state index in [1.807, 2.05) is 5.48 Å². The zero-order valence-corrected chi connectivity index (χ0v) is 11.0. The molecule has 0 aliphatic heterocycles. The molecular formula is C13H18N2Na2O5. The number of anilines is 1. The van der Waals surface area contributed by atoms with E-state index in [4.69, 9.17) is 5.11 Å². The van der Waals surface area contributed by atoms with Crippen molar-refractivity contribution in [1.82, 2.24) is 5.48 Å². The number of carbonyl (C=O) groups is 3. The first-order valence-electron chi connectivity index (χ1n) is 6.02. The number of rotatable bonds is 6.